The second kappa shape index (κ2) is 5.33. The monoisotopic (exact) mass is 273 g/mol. The van der Waals surface area contributed by atoms with Gasteiger partial charge in [-0.2, -0.15) is 23.4 Å². The molecule has 0 fully saturated rings. The number of rotatable bonds is 5. The fourth-order valence-electron chi connectivity index (χ4n) is 1.69. The number of aryl methyl sites for hydroxylation is 2. The van der Waals surface area contributed by atoms with Gasteiger partial charge in [0.05, 0.1) is 23.8 Å². The highest BCUT2D eigenvalue weighted by molar-refractivity contribution is 5.46. The second-order valence-electron chi connectivity index (χ2n) is 4.02. The fraction of sp³-hybridized carbons (Fsp3) is 0.455. The zero-order chi connectivity index (χ0) is 14.0. The van der Waals surface area contributed by atoms with E-state index in [-0.39, 0.29) is 6.54 Å². The van der Waals surface area contributed by atoms with Gasteiger partial charge in [0.25, 0.3) is 0 Å². The molecule has 0 radical (unpaired) electrons. The summed E-state index contributed by atoms with van der Waals surface area (Å²) in [7, 11) is 0. The molecule has 0 saturated heterocycles. The molecule has 0 aliphatic rings. The van der Waals surface area contributed by atoms with Gasteiger partial charge in [-0.15, -0.1) is 0 Å². The summed E-state index contributed by atoms with van der Waals surface area (Å²) in [5, 5.41) is 10.4. The Labute approximate surface area is 108 Å². The smallest absolute Gasteiger partial charge is 0.333 e. The molecular formula is C11H14F3N5. The van der Waals surface area contributed by atoms with Crippen LogP contribution in [0.4, 0.5) is 18.9 Å². The van der Waals surface area contributed by atoms with Gasteiger partial charge in [-0.1, -0.05) is 0 Å². The summed E-state index contributed by atoms with van der Waals surface area (Å²) in [6.45, 7) is 1.31. The van der Waals surface area contributed by atoms with Gasteiger partial charge < -0.3 is 5.32 Å². The first-order valence-corrected chi connectivity index (χ1v) is 5.81. The van der Waals surface area contributed by atoms with Crippen LogP contribution in [0, 0.1) is 12.9 Å². The largest absolute Gasteiger partial charge is 0.378 e. The van der Waals surface area contributed by atoms with E-state index in [1.54, 1.807) is 13.8 Å². The average Bonchev–Trinajstić information content (AvgIpc) is 2.91. The minimum absolute atomic E-state index is 0.168. The number of hydrogen-bond donors (Lipinski definition) is 1. The molecule has 2 rings (SSSR count). The zero-order valence-corrected chi connectivity index (χ0v) is 10.6. The van der Waals surface area contributed by atoms with E-state index in [1.807, 2.05) is 0 Å². The van der Waals surface area contributed by atoms with Crippen molar-refractivity contribution in [1.29, 1.82) is 0 Å². The van der Waals surface area contributed by atoms with Crippen molar-refractivity contribution < 1.29 is 13.2 Å². The molecule has 0 amide bonds. The quantitative estimate of drug-likeness (QED) is 0.910. The average molecular weight is 273 g/mol. The third-order valence-corrected chi connectivity index (χ3v) is 2.73. The van der Waals surface area contributed by atoms with Crippen molar-refractivity contribution in [2.75, 3.05) is 5.32 Å². The molecule has 2 heterocycles. The van der Waals surface area contributed by atoms with Crippen molar-refractivity contribution >= 4 is 5.69 Å². The van der Waals surface area contributed by atoms with Gasteiger partial charge in [0.2, 0.25) is 5.95 Å². The molecule has 0 bridgehead atoms. The van der Waals surface area contributed by atoms with Crippen LogP contribution in [0.1, 0.15) is 24.7 Å². The van der Waals surface area contributed by atoms with Gasteiger partial charge >= 0.3 is 6.55 Å². The predicted octanol–water partition coefficient (Wildman–Crippen LogP) is 2.55. The second-order valence-corrected chi connectivity index (χ2v) is 4.02. The number of alkyl halides is 2. The van der Waals surface area contributed by atoms with Crippen LogP contribution in [0.5, 0.6) is 0 Å². The molecule has 19 heavy (non-hydrogen) atoms. The summed E-state index contributed by atoms with van der Waals surface area (Å²) in [6, 6.07) is 0. The number of anilines is 1. The Morgan fingerprint density at radius 1 is 1.42 bits per heavy atom. The van der Waals surface area contributed by atoms with Crippen molar-refractivity contribution in [3.05, 3.63) is 29.6 Å². The maximum absolute atomic E-state index is 13.7. The summed E-state index contributed by atoms with van der Waals surface area (Å²) in [5.74, 6) is -0.422. The van der Waals surface area contributed by atoms with Crippen molar-refractivity contribution in [2.45, 2.75) is 33.5 Å². The molecule has 0 aliphatic heterocycles. The SMILES string of the molecule is CCn1ncc(CNc2cn(C(F)F)nc2C)c1F. The summed E-state index contributed by atoms with van der Waals surface area (Å²) in [6.07, 6.45) is 2.61. The van der Waals surface area contributed by atoms with Gasteiger partial charge in [-0.3, -0.25) is 0 Å². The van der Waals surface area contributed by atoms with Crippen LogP contribution >= 0.6 is 0 Å². The predicted molar refractivity (Wildman–Crippen MR) is 63.4 cm³/mol. The Bertz CT molecular complexity index is 561. The first kappa shape index (κ1) is 13.4. The standard InChI is InChI=1S/C11H14F3N5/c1-3-18-10(12)8(5-16-18)4-15-9-6-19(11(13)14)17-7(9)2/h5-6,11,15H,3-4H2,1-2H3. The van der Waals surface area contributed by atoms with Gasteiger partial charge in [0, 0.05) is 18.7 Å². The van der Waals surface area contributed by atoms with E-state index in [0.29, 0.717) is 28.2 Å². The lowest BCUT2D eigenvalue weighted by molar-refractivity contribution is 0.0563. The molecule has 5 nitrogen and oxygen atoms in total. The topological polar surface area (TPSA) is 47.7 Å². The minimum atomic E-state index is -2.69. The van der Waals surface area contributed by atoms with Crippen LogP contribution in [-0.4, -0.2) is 19.6 Å². The third kappa shape index (κ3) is 2.72. The highest BCUT2D eigenvalue weighted by Gasteiger charge is 2.13. The molecule has 0 aliphatic carbocycles. The number of nitrogens with one attached hydrogen (secondary N) is 1. The molecule has 0 aromatic carbocycles. The molecule has 0 spiro atoms. The van der Waals surface area contributed by atoms with Crippen LogP contribution < -0.4 is 5.32 Å². The third-order valence-electron chi connectivity index (χ3n) is 2.73. The molecule has 0 atom stereocenters. The van der Waals surface area contributed by atoms with E-state index in [4.69, 9.17) is 0 Å². The number of nitrogens with zero attached hydrogens (tertiary/aromatic N) is 4. The molecule has 2 aromatic rings. The summed E-state index contributed by atoms with van der Waals surface area (Å²) in [4.78, 5) is 0. The maximum atomic E-state index is 13.7. The lowest BCUT2D eigenvalue weighted by Gasteiger charge is -2.03. The minimum Gasteiger partial charge on any atom is -0.378 e. The van der Waals surface area contributed by atoms with Gasteiger partial charge in [0.1, 0.15) is 0 Å². The summed E-state index contributed by atoms with van der Waals surface area (Å²) >= 11 is 0. The first-order chi connectivity index (χ1) is 9.02. The van der Waals surface area contributed by atoms with E-state index < -0.39 is 12.5 Å². The Balaban J connectivity index is 2.08. The van der Waals surface area contributed by atoms with E-state index in [1.165, 1.54) is 17.1 Å². The fourth-order valence-corrected chi connectivity index (χ4v) is 1.69. The van der Waals surface area contributed by atoms with E-state index >= 15 is 0 Å². The van der Waals surface area contributed by atoms with Gasteiger partial charge in [-0.05, 0) is 13.8 Å². The summed E-state index contributed by atoms with van der Waals surface area (Å²) < 4.78 is 40.3. The van der Waals surface area contributed by atoms with Crippen LogP contribution in [-0.2, 0) is 13.1 Å². The Morgan fingerprint density at radius 2 is 2.16 bits per heavy atom. The van der Waals surface area contributed by atoms with Crippen LogP contribution in [0.15, 0.2) is 12.4 Å². The molecule has 104 valence electrons. The van der Waals surface area contributed by atoms with Crippen molar-refractivity contribution in [3.63, 3.8) is 0 Å². The lowest BCUT2D eigenvalue weighted by atomic mass is 10.3. The maximum Gasteiger partial charge on any atom is 0.333 e. The van der Waals surface area contributed by atoms with E-state index in [2.05, 4.69) is 15.5 Å². The summed E-state index contributed by atoms with van der Waals surface area (Å²) in [5.41, 5.74) is 1.26. The number of hydrogen-bond acceptors (Lipinski definition) is 3. The van der Waals surface area contributed by atoms with Crippen LogP contribution in [0.25, 0.3) is 0 Å². The molecular weight excluding hydrogens is 259 g/mol. The number of aromatic nitrogens is 4. The van der Waals surface area contributed by atoms with Gasteiger partial charge in [0.15, 0.2) is 0 Å². The van der Waals surface area contributed by atoms with E-state index in [0.717, 1.165) is 0 Å². The Hall–Kier alpha value is -1.99. The van der Waals surface area contributed by atoms with Crippen LogP contribution in [0.2, 0.25) is 0 Å². The first-order valence-electron chi connectivity index (χ1n) is 5.81. The highest BCUT2D eigenvalue weighted by atomic mass is 19.3. The van der Waals surface area contributed by atoms with Crippen molar-refractivity contribution in [2.24, 2.45) is 0 Å². The highest BCUT2D eigenvalue weighted by Crippen LogP contribution is 2.19. The van der Waals surface area contributed by atoms with Crippen LogP contribution in [0.3, 0.4) is 0 Å². The normalized spacial score (nSPS) is 11.3. The zero-order valence-electron chi connectivity index (χ0n) is 10.6. The molecule has 2 aromatic heterocycles. The van der Waals surface area contributed by atoms with Crippen molar-refractivity contribution in [1.82, 2.24) is 19.6 Å². The Morgan fingerprint density at radius 3 is 2.68 bits per heavy atom. The van der Waals surface area contributed by atoms with Crippen molar-refractivity contribution in [3.8, 4) is 0 Å². The molecule has 1 N–H and O–H groups in total. The molecule has 8 heteroatoms. The Kier molecular flexibility index (Phi) is 3.77. The van der Waals surface area contributed by atoms with E-state index in [9.17, 15) is 13.2 Å². The van der Waals surface area contributed by atoms with Gasteiger partial charge in [-0.25, -0.2) is 9.36 Å². The molecule has 0 saturated carbocycles. The number of halogens is 3. The molecule has 0 unspecified atom stereocenters. The lowest BCUT2D eigenvalue weighted by Crippen LogP contribution is -2.04.